The molecular formula is C16H26N2O3. The minimum absolute atomic E-state index is 0.183. The van der Waals surface area contributed by atoms with Crippen LogP contribution in [0.25, 0.3) is 0 Å². The molecule has 118 valence electrons. The van der Waals surface area contributed by atoms with Gasteiger partial charge < -0.3 is 20.1 Å². The third-order valence-corrected chi connectivity index (χ3v) is 3.44. The molecule has 0 heterocycles. The van der Waals surface area contributed by atoms with Crippen LogP contribution < -0.4 is 10.1 Å². The number of likely N-dealkylation sites (N-methyl/N-ethyl adjacent to an activating group) is 1. The van der Waals surface area contributed by atoms with Gasteiger partial charge in [-0.25, -0.2) is 4.79 Å². The summed E-state index contributed by atoms with van der Waals surface area (Å²) >= 11 is 0. The average Bonchev–Trinajstić information content (AvgIpc) is 2.44. The molecule has 0 bridgehead atoms. The Morgan fingerprint density at radius 3 is 2.43 bits per heavy atom. The molecule has 5 heteroatoms. The Hall–Kier alpha value is -1.75. The summed E-state index contributed by atoms with van der Waals surface area (Å²) in [6.07, 6.45) is -0.532. The summed E-state index contributed by atoms with van der Waals surface area (Å²) in [6.45, 7) is 6.63. The van der Waals surface area contributed by atoms with Crippen LogP contribution in [0.5, 0.6) is 5.75 Å². The van der Waals surface area contributed by atoms with Crippen LogP contribution in [0.15, 0.2) is 24.3 Å². The highest BCUT2D eigenvalue weighted by Crippen LogP contribution is 2.24. The fourth-order valence-electron chi connectivity index (χ4n) is 2.06. The summed E-state index contributed by atoms with van der Waals surface area (Å²) in [5.41, 5.74) is 0.940. The Morgan fingerprint density at radius 1 is 1.38 bits per heavy atom. The average molecular weight is 294 g/mol. The topological polar surface area (TPSA) is 61.8 Å². The molecule has 0 spiro atoms. The van der Waals surface area contributed by atoms with Gasteiger partial charge in [0.2, 0.25) is 0 Å². The number of nitrogens with one attached hydrogen (secondary N) is 1. The molecule has 21 heavy (non-hydrogen) atoms. The molecule has 0 fully saturated rings. The number of nitrogens with zero attached hydrogens (tertiary/aromatic N) is 1. The molecule has 0 aliphatic carbocycles. The third kappa shape index (κ3) is 5.27. The summed E-state index contributed by atoms with van der Waals surface area (Å²) < 4.78 is 5.15. The molecule has 0 aromatic heterocycles. The summed E-state index contributed by atoms with van der Waals surface area (Å²) in [6, 6.07) is 7.66. The summed E-state index contributed by atoms with van der Waals surface area (Å²) in [5, 5.41) is 12.2. The Balaban J connectivity index is 2.61. The minimum atomic E-state index is -0.532. The number of carbonyl (C=O) groups is 1. The lowest BCUT2D eigenvalue weighted by Crippen LogP contribution is -2.45. The van der Waals surface area contributed by atoms with Crippen molar-refractivity contribution in [3.63, 3.8) is 0 Å². The van der Waals surface area contributed by atoms with E-state index in [2.05, 4.69) is 19.2 Å². The molecular weight excluding hydrogens is 268 g/mol. The van der Waals surface area contributed by atoms with Crippen LogP contribution in [0.4, 0.5) is 4.79 Å². The molecule has 0 saturated heterocycles. The largest absolute Gasteiger partial charge is 0.497 e. The van der Waals surface area contributed by atoms with E-state index in [-0.39, 0.29) is 11.4 Å². The Bertz CT molecular complexity index is 455. The van der Waals surface area contributed by atoms with Crippen LogP contribution in [0.2, 0.25) is 0 Å². The summed E-state index contributed by atoms with van der Waals surface area (Å²) in [7, 11) is 3.31. The first kappa shape index (κ1) is 17.3. The molecule has 0 radical (unpaired) electrons. The van der Waals surface area contributed by atoms with E-state index in [1.807, 2.05) is 24.3 Å². The predicted octanol–water partition coefficient (Wildman–Crippen LogP) is 2.00. The van der Waals surface area contributed by atoms with Crippen molar-refractivity contribution in [1.82, 2.24) is 10.2 Å². The van der Waals surface area contributed by atoms with Gasteiger partial charge in [0.25, 0.3) is 0 Å². The van der Waals surface area contributed by atoms with Crippen molar-refractivity contribution >= 4 is 6.03 Å². The van der Waals surface area contributed by atoms with Gasteiger partial charge in [0.1, 0.15) is 5.75 Å². The maximum absolute atomic E-state index is 11.9. The van der Waals surface area contributed by atoms with E-state index in [0.717, 1.165) is 11.3 Å². The second-order valence-electron chi connectivity index (χ2n) is 6.00. The van der Waals surface area contributed by atoms with Crippen LogP contribution >= 0.6 is 0 Å². The molecule has 1 atom stereocenters. The molecule has 5 nitrogen and oxygen atoms in total. The van der Waals surface area contributed by atoms with Crippen LogP contribution in [0.1, 0.15) is 26.3 Å². The maximum atomic E-state index is 11.9. The zero-order valence-corrected chi connectivity index (χ0v) is 13.5. The molecule has 0 aliphatic rings. The Morgan fingerprint density at radius 2 is 1.95 bits per heavy atom. The number of methoxy groups -OCH3 is 1. The van der Waals surface area contributed by atoms with E-state index in [0.29, 0.717) is 13.1 Å². The number of carbonyl (C=O) groups excluding carboxylic acids is 1. The molecule has 1 aromatic rings. The lowest BCUT2D eigenvalue weighted by Gasteiger charge is -2.28. The van der Waals surface area contributed by atoms with Gasteiger partial charge >= 0.3 is 6.03 Å². The van der Waals surface area contributed by atoms with E-state index >= 15 is 0 Å². The monoisotopic (exact) mass is 294 g/mol. The zero-order valence-electron chi connectivity index (χ0n) is 13.5. The van der Waals surface area contributed by atoms with Crippen molar-refractivity contribution in [2.45, 2.75) is 32.3 Å². The number of rotatable bonds is 6. The number of aliphatic hydroxyl groups is 1. The number of ether oxygens (including phenoxy) is 1. The van der Waals surface area contributed by atoms with Crippen molar-refractivity contribution in [3.05, 3.63) is 29.8 Å². The number of aliphatic hydroxyl groups excluding tert-OH is 1. The van der Waals surface area contributed by atoms with Gasteiger partial charge in [-0.15, -0.1) is 0 Å². The van der Waals surface area contributed by atoms with Gasteiger partial charge in [-0.1, -0.05) is 26.0 Å². The van der Waals surface area contributed by atoms with Crippen LogP contribution in [0.3, 0.4) is 0 Å². The number of amides is 2. The van der Waals surface area contributed by atoms with Gasteiger partial charge in [0.15, 0.2) is 0 Å². The Kier molecular flexibility index (Phi) is 6.03. The van der Waals surface area contributed by atoms with Gasteiger partial charge in [0.05, 0.1) is 13.2 Å². The predicted molar refractivity (Wildman–Crippen MR) is 83.7 cm³/mol. The van der Waals surface area contributed by atoms with Crippen molar-refractivity contribution < 1.29 is 14.6 Å². The molecule has 0 saturated carbocycles. The lowest BCUT2D eigenvalue weighted by molar-refractivity contribution is 0.143. The number of hydrogen-bond acceptors (Lipinski definition) is 3. The molecule has 2 N–H and O–H groups in total. The molecule has 1 unspecified atom stereocenters. The van der Waals surface area contributed by atoms with Crippen molar-refractivity contribution in [1.29, 1.82) is 0 Å². The third-order valence-electron chi connectivity index (χ3n) is 3.44. The normalized spacial score (nSPS) is 12.7. The van der Waals surface area contributed by atoms with E-state index < -0.39 is 6.10 Å². The van der Waals surface area contributed by atoms with Crippen LogP contribution in [-0.4, -0.2) is 49.4 Å². The maximum Gasteiger partial charge on any atom is 0.317 e. The first-order valence-corrected chi connectivity index (χ1v) is 7.08. The van der Waals surface area contributed by atoms with Gasteiger partial charge in [-0.3, -0.25) is 0 Å². The lowest BCUT2D eigenvalue weighted by atomic mass is 9.84. The number of urea groups is 1. The van der Waals surface area contributed by atoms with E-state index in [1.165, 1.54) is 4.90 Å². The van der Waals surface area contributed by atoms with Crippen LogP contribution in [-0.2, 0) is 5.41 Å². The second-order valence-corrected chi connectivity index (χ2v) is 6.00. The number of hydrogen-bond donors (Lipinski definition) is 2. The zero-order chi connectivity index (χ0) is 16.0. The second kappa shape index (κ2) is 7.31. The standard InChI is InChI=1S/C16H26N2O3/c1-12(19)10-18(4)15(20)17-11-16(2,3)13-6-8-14(21-5)9-7-13/h6-9,12,19H,10-11H2,1-5H3,(H,17,20). The summed E-state index contributed by atoms with van der Waals surface area (Å²) in [5.74, 6) is 0.815. The Labute approximate surface area is 126 Å². The van der Waals surface area contributed by atoms with E-state index in [4.69, 9.17) is 4.74 Å². The van der Waals surface area contributed by atoms with Crippen molar-refractivity contribution in [2.75, 3.05) is 27.2 Å². The fraction of sp³-hybridized carbons (Fsp3) is 0.562. The van der Waals surface area contributed by atoms with Crippen molar-refractivity contribution in [3.8, 4) is 5.75 Å². The molecule has 2 amide bonds. The highest BCUT2D eigenvalue weighted by Gasteiger charge is 2.22. The molecule has 1 aromatic carbocycles. The quantitative estimate of drug-likeness (QED) is 0.843. The fourth-order valence-corrected chi connectivity index (χ4v) is 2.06. The first-order chi connectivity index (χ1) is 9.76. The molecule has 1 rings (SSSR count). The van der Waals surface area contributed by atoms with Crippen molar-refractivity contribution in [2.24, 2.45) is 0 Å². The number of benzene rings is 1. The summed E-state index contributed by atoms with van der Waals surface area (Å²) in [4.78, 5) is 13.4. The SMILES string of the molecule is COc1ccc(C(C)(C)CNC(=O)N(C)CC(C)O)cc1. The van der Waals surface area contributed by atoms with Gasteiger partial charge in [0, 0.05) is 25.6 Å². The van der Waals surface area contributed by atoms with Crippen LogP contribution in [0, 0.1) is 0 Å². The van der Waals surface area contributed by atoms with E-state index in [1.54, 1.807) is 21.1 Å². The first-order valence-electron chi connectivity index (χ1n) is 7.08. The highest BCUT2D eigenvalue weighted by atomic mass is 16.5. The minimum Gasteiger partial charge on any atom is -0.497 e. The molecule has 0 aliphatic heterocycles. The smallest absolute Gasteiger partial charge is 0.317 e. The van der Waals surface area contributed by atoms with Gasteiger partial charge in [-0.2, -0.15) is 0 Å². The van der Waals surface area contributed by atoms with Gasteiger partial charge in [-0.05, 0) is 24.6 Å². The highest BCUT2D eigenvalue weighted by molar-refractivity contribution is 5.74. The van der Waals surface area contributed by atoms with E-state index in [9.17, 15) is 9.90 Å².